The van der Waals surface area contributed by atoms with Crippen molar-refractivity contribution in [1.29, 1.82) is 0 Å². The van der Waals surface area contributed by atoms with Crippen LogP contribution in [0.1, 0.15) is 15.9 Å². The second-order valence-electron chi connectivity index (χ2n) is 9.28. The van der Waals surface area contributed by atoms with Crippen molar-refractivity contribution in [2.45, 2.75) is 0 Å². The van der Waals surface area contributed by atoms with Crippen LogP contribution in [-0.2, 0) is 0 Å². The highest BCUT2D eigenvalue weighted by atomic mass is 16.2. The van der Waals surface area contributed by atoms with Crippen LogP contribution >= 0.6 is 0 Å². The maximum absolute atomic E-state index is 12.9. The lowest BCUT2D eigenvalue weighted by atomic mass is 10.1. The fourth-order valence-corrected chi connectivity index (χ4v) is 4.27. The average Bonchev–Trinajstić information content (AvgIpc) is 3.38. The summed E-state index contributed by atoms with van der Waals surface area (Å²) in [5.74, 6) is 0.646. The number of amides is 1. The molecule has 10 heteroatoms. The highest BCUT2D eigenvalue weighted by Gasteiger charge is 2.22. The first-order valence-electron chi connectivity index (χ1n) is 12.4. The maximum atomic E-state index is 12.9. The summed E-state index contributed by atoms with van der Waals surface area (Å²) in [6.07, 6.45) is 4.92. The maximum Gasteiger partial charge on any atom is 0.253 e. The number of benzene rings is 2. The highest BCUT2D eigenvalue weighted by Crippen LogP contribution is 2.21. The molecule has 0 saturated carbocycles. The largest absolute Gasteiger partial charge is 0.336 e. The average molecular weight is 498 g/mol. The third-order valence-electron chi connectivity index (χ3n) is 6.43. The molecule has 10 nitrogen and oxygen atoms in total. The molecule has 4 aromatic rings. The number of rotatable bonds is 8. The lowest BCUT2D eigenvalue weighted by Gasteiger charge is -2.35. The number of piperazine rings is 1. The molecule has 1 saturated heterocycles. The SMILES string of the molecule is CN(C)CCN1CCN(C(=O)c2ccc(/C=N/Nc3ncnc4c3cnn4-c3ccccc3)cc2)CC1. The van der Waals surface area contributed by atoms with E-state index in [0.29, 0.717) is 17.0 Å². The first kappa shape index (κ1) is 24.5. The van der Waals surface area contributed by atoms with Crippen molar-refractivity contribution in [3.8, 4) is 5.69 Å². The number of fused-ring (bicyclic) bond motifs is 1. The van der Waals surface area contributed by atoms with Crippen LogP contribution in [0, 0.1) is 0 Å². The smallest absolute Gasteiger partial charge is 0.253 e. The van der Waals surface area contributed by atoms with E-state index in [0.717, 1.165) is 55.9 Å². The summed E-state index contributed by atoms with van der Waals surface area (Å²) >= 11 is 0. The van der Waals surface area contributed by atoms with E-state index in [2.05, 4.69) is 49.5 Å². The Labute approximate surface area is 216 Å². The van der Waals surface area contributed by atoms with Gasteiger partial charge in [0.2, 0.25) is 0 Å². The molecule has 2 aromatic carbocycles. The lowest BCUT2D eigenvalue weighted by Crippen LogP contribution is -2.49. The molecule has 1 aliphatic rings. The summed E-state index contributed by atoms with van der Waals surface area (Å²) in [7, 11) is 4.17. The molecule has 1 fully saturated rings. The number of likely N-dealkylation sites (N-methyl/N-ethyl adjacent to an activating group) is 1. The minimum absolute atomic E-state index is 0.0766. The van der Waals surface area contributed by atoms with Crippen molar-refractivity contribution < 1.29 is 4.79 Å². The number of nitrogens with one attached hydrogen (secondary N) is 1. The molecule has 0 atom stereocenters. The molecule has 0 radical (unpaired) electrons. The number of para-hydroxylation sites is 1. The van der Waals surface area contributed by atoms with E-state index in [9.17, 15) is 4.79 Å². The fraction of sp³-hybridized carbons (Fsp3) is 0.296. The number of aromatic nitrogens is 4. The number of nitrogens with zero attached hydrogens (tertiary/aromatic N) is 8. The zero-order valence-electron chi connectivity index (χ0n) is 21.2. The number of hydrogen-bond acceptors (Lipinski definition) is 8. The number of anilines is 1. The van der Waals surface area contributed by atoms with Crippen LogP contribution in [0.5, 0.6) is 0 Å². The lowest BCUT2D eigenvalue weighted by molar-refractivity contribution is 0.0629. The van der Waals surface area contributed by atoms with Gasteiger partial charge in [0.25, 0.3) is 5.91 Å². The normalized spacial score (nSPS) is 14.6. The second-order valence-corrected chi connectivity index (χ2v) is 9.28. The Morgan fingerprint density at radius 3 is 2.51 bits per heavy atom. The molecule has 37 heavy (non-hydrogen) atoms. The number of carbonyl (C=O) groups is 1. The molecule has 0 bridgehead atoms. The Hall–Kier alpha value is -4.15. The second kappa shape index (κ2) is 11.3. The highest BCUT2D eigenvalue weighted by molar-refractivity contribution is 5.95. The minimum atomic E-state index is 0.0766. The van der Waals surface area contributed by atoms with Crippen LogP contribution in [-0.4, -0.2) is 99.9 Å². The molecular weight excluding hydrogens is 466 g/mol. The standard InChI is InChI=1S/C27H31N9O/c1-33(2)12-13-34-14-16-35(17-15-34)27(37)22-10-8-21(9-11-22)18-30-32-25-24-19-31-36(26(24)29-20-28-25)23-6-4-3-5-7-23/h3-11,18-20H,12-17H2,1-2H3,(H,28,29,32)/b30-18+. The number of hydrazone groups is 1. The molecule has 0 spiro atoms. The summed E-state index contributed by atoms with van der Waals surface area (Å²) in [6.45, 7) is 5.41. The van der Waals surface area contributed by atoms with Gasteiger partial charge in [0.1, 0.15) is 6.33 Å². The van der Waals surface area contributed by atoms with Crippen molar-refractivity contribution in [2.75, 3.05) is 58.8 Å². The van der Waals surface area contributed by atoms with Gasteiger partial charge in [0, 0.05) is 44.8 Å². The molecule has 1 amide bonds. The van der Waals surface area contributed by atoms with Gasteiger partial charge in [-0.2, -0.15) is 10.2 Å². The van der Waals surface area contributed by atoms with Gasteiger partial charge < -0.3 is 9.80 Å². The zero-order valence-corrected chi connectivity index (χ0v) is 21.2. The molecule has 190 valence electrons. The van der Waals surface area contributed by atoms with Crippen molar-refractivity contribution in [3.05, 3.63) is 78.2 Å². The van der Waals surface area contributed by atoms with Crippen molar-refractivity contribution in [1.82, 2.24) is 34.4 Å². The van der Waals surface area contributed by atoms with E-state index in [4.69, 9.17) is 0 Å². The molecule has 1 N–H and O–H groups in total. The first-order valence-corrected chi connectivity index (χ1v) is 12.4. The van der Waals surface area contributed by atoms with E-state index in [1.807, 2.05) is 59.5 Å². The van der Waals surface area contributed by atoms with Crippen molar-refractivity contribution in [3.63, 3.8) is 0 Å². The summed E-state index contributed by atoms with van der Waals surface area (Å²) in [5.41, 5.74) is 6.18. The summed E-state index contributed by atoms with van der Waals surface area (Å²) in [5, 5.41) is 9.57. The summed E-state index contributed by atoms with van der Waals surface area (Å²) in [6, 6.07) is 17.3. The van der Waals surface area contributed by atoms with Gasteiger partial charge in [0.05, 0.1) is 23.5 Å². The Bertz CT molecular complexity index is 1360. The predicted molar refractivity (Wildman–Crippen MR) is 145 cm³/mol. The van der Waals surface area contributed by atoms with E-state index < -0.39 is 0 Å². The first-order chi connectivity index (χ1) is 18.1. The van der Waals surface area contributed by atoms with Gasteiger partial charge in [-0.05, 0) is 43.9 Å². The van der Waals surface area contributed by atoms with Gasteiger partial charge in [-0.25, -0.2) is 14.6 Å². The Morgan fingerprint density at radius 2 is 1.78 bits per heavy atom. The van der Waals surface area contributed by atoms with Gasteiger partial charge in [0.15, 0.2) is 11.5 Å². The molecule has 2 aromatic heterocycles. The van der Waals surface area contributed by atoms with Crippen LogP contribution < -0.4 is 5.43 Å². The molecule has 5 rings (SSSR count). The van der Waals surface area contributed by atoms with E-state index in [1.54, 1.807) is 17.1 Å². The van der Waals surface area contributed by atoms with E-state index in [-0.39, 0.29) is 5.91 Å². The Balaban J connectivity index is 1.19. The number of hydrogen-bond donors (Lipinski definition) is 1. The fourth-order valence-electron chi connectivity index (χ4n) is 4.27. The van der Waals surface area contributed by atoms with E-state index in [1.165, 1.54) is 6.33 Å². The quantitative estimate of drug-likeness (QED) is 0.295. The van der Waals surface area contributed by atoms with Crippen LogP contribution in [0.4, 0.5) is 5.82 Å². The molecule has 0 unspecified atom stereocenters. The number of carbonyl (C=O) groups excluding carboxylic acids is 1. The Kier molecular flexibility index (Phi) is 7.48. The predicted octanol–water partition coefficient (Wildman–Crippen LogP) is 2.58. The van der Waals surface area contributed by atoms with Crippen molar-refractivity contribution >= 4 is 29.0 Å². The molecular formula is C27H31N9O. The third-order valence-corrected chi connectivity index (χ3v) is 6.43. The zero-order chi connectivity index (χ0) is 25.6. The van der Waals surface area contributed by atoms with Gasteiger partial charge >= 0.3 is 0 Å². The molecule has 3 heterocycles. The monoisotopic (exact) mass is 497 g/mol. The Morgan fingerprint density at radius 1 is 1.03 bits per heavy atom. The van der Waals surface area contributed by atoms with Crippen LogP contribution in [0.3, 0.4) is 0 Å². The molecule has 0 aliphatic carbocycles. The topological polar surface area (TPSA) is 94.8 Å². The summed E-state index contributed by atoms with van der Waals surface area (Å²) in [4.78, 5) is 28.2. The van der Waals surface area contributed by atoms with Crippen LogP contribution in [0.15, 0.2) is 72.2 Å². The van der Waals surface area contributed by atoms with E-state index >= 15 is 0 Å². The molecule has 1 aliphatic heterocycles. The third kappa shape index (κ3) is 5.82. The van der Waals surface area contributed by atoms with Crippen LogP contribution in [0.2, 0.25) is 0 Å². The van der Waals surface area contributed by atoms with Gasteiger partial charge in [-0.1, -0.05) is 30.3 Å². The van der Waals surface area contributed by atoms with Crippen LogP contribution in [0.25, 0.3) is 16.7 Å². The van der Waals surface area contributed by atoms with Gasteiger partial charge in [-0.3, -0.25) is 15.1 Å². The van der Waals surface area contributed by atoms with Gasteiger partial charge in [-0.15, -0.1) is 0 Å². The summed E-state index contributed by atoms with van der Waals surface area (Å²) < 4.78 is 1.77. The van der Waals surface area contributed by atoms with Crippen molar-refractivity contribution in [2.24, 2.45) is 5.10 Å². The minimum Gasteiger partial charge on any atom is -0.336 e.